The Morgan fingerprint density at radius 3 is 3.00 bits per heavy atom. The average molecular weight is 242 g/mol. The Morgan fingerprint density at radius 2 is 2.22 bits per heavy atom. The van der Waals surface area contributed by atoms with E-state index in [1.165, 1.54) is 16.5 Å². The van der Waals surface area contributed by atoms with Gasteiger partial charge in [0.1, 0.15) is 5.75 Å². The molecule has 0 amide bonds. The van der Waals surface area contributed by atoms with Crippen LogP contribution in [0.2, 0.25) is 0 Å². The first kappa shape index (κ1) is 11.4. The van der Waals surface area contributed by atoms with Gasteiger partial charge in [-0.15, -0.1) is 0 Å². The van der Waals surface area contributed by atoms with E-state index in [1.807, 2.05) is 12.1 Å². The van der Waals surface area contributed by atoms with Crippen molar-refractivity contribution >= 4 is 16.5 Å². The fraction of sp³-hybridized carbons (Fsp3) is 0.333. The first-order chi connectivity index (χ1) is 8.79. The molecule has 1 aromatic heterocycles. The highest BCUT2D eigenvalue weighted by Crippen LogP contribution is 2.33. The Hall–Kier alpha value is -1.74. The molecule has 0 radical (unpaired) electrons. The van der Waals surface area contributed by atoms with E-state index in [2.05, 4.69) is 35.6 Å². The van der Waals surface area contributed by atoms with Crippen LogP contribution in [0.15, 0.2) is 30.5 Å². The molecule has 1 atom stereocenters. The van der Waals surface area contributed by atoms with Crippen molar-refractivity contribution < 1.29 is 4.74 Å². The zero-order valence-corrected chi connectivity index (χ0v) is 10.8. The van der Waals surface area contributed by atoms with Crippen molar-refractivity contribution in [2.45, 2.75) is 6.92 Å². The monoisotopic (exact) mass is 242 g/mol. The highest BCUT2D eigenvalue weighted by atomic mass is 16.5. The zero-order chi connectivity index (χ0) is 12.5. The molecule has 94 valence electrons. The molecule has 0 aliphatic carbocycles. The summed E-state index contributed by atoms with van der Waals surface area (Å²) in [5.41, 5.74) is 3.73. The number of methoxy groups -OCH3 is 1. The van der Waals surface area contributed by atoms with Crippen LogP contribution in [0.5, 0.6) is 5.75 Å². The molecular formula is C15H18N2O. The van der Waals surface area contributed by atoms with Crippen LogP contribution in [-0.2, 0) is 0 Å². The molecule has 1 aliphatic rings. The largest absolute Gasteiger partial charge is 0.496 e. The summed E-state index contributed by atoms with van der Waals surface area (Å²) in [5.74, 6) is 1.51. The van der Waals surface area contributed by atoms with E-state index in [9.17, 15) is 0 Å². The first-order valence-electron chi connectivity index (χ1n) is 6.35. The number of hydrogen-bond donors (Lipinski definition) is 2. The second-order valence-electron chi connectivity index (χ2n) is 4.89. The van der Waals surface area contributed by atoms with Gasteiger partial charge in [-0.2, -0.15) is 0 Å². The Bertz CT molecular complexity index is 598. The van der Waals surface area contributed by atoms with Gasteiger partial charge in [-0.05, 0) is 23.6 Å². The summed E-state index contributed by atoms with van der Waals surface area (Å²) in [5, 5.41) is 4.63. The summed E-state index contributed by atoms with van der Waals surface area (Å²) in [7, 11) is 1.72. The number of hydrogen-bond acceptors (Lipinski definition) is 2. The van der Waals surface area contributed by atoms with E-state index in [4.69, 9.17) is 4.74 Å². The number of aromatic nitrogens is 1. The lowest BCUT2D eigenvalue weighted by atomic mass is 9.97. The third-order valence-electron chi connectivity index (χ3n) is 3.50. The predicted molar refractivity (Wildman–Crippen MR) is 74.9 cm³/mol. The first-order valence-corrected chi connectivity index (χ1v) is 6.35. The van der Waals surface area contributed by atoms with E-state index in [-0.39, 0.29) is 0 Å². The smallest absolute Gasteiger partial charge is 0.128 e. The Kier molecular flexibility index (Phi) is 2.84. The van der Waals surface area contributed by atoms with E-state index in [0.717, 1.165) is 24.4 Å². The molecule has 2 heterocycles. The second kappa shape index (κ2) is 4.50. The zero-order valence-electron chi connectivity index (χ0n) is 10.8. The fourth-order valence-electron chi connectivity index (χ4n) is 2.66. The van der Waals surface area contributed by atoms with Gasteiger partial charge < -0.3 is 15.0 Å². The molecular weight excluding hydrogens is 224 g/mol. The summed E-state index contributed by atoms with van der Waals surface area (Å²) in [6.07, 6.45) is 4.43. The molecule has 0 saturated carbocycles. The standard InChI is InChI=1S/C15H18N2O/c1-10-6-11(8-16-7-10)12-9-17-13-4-3-5-14(18-2)15(12)13/h3-6,9-10,16-17H,7-8H2,1-2H3/t10-/m1/s1. The number of rotatable bonds is 2. The summed E-state index contributed by atoms with van der Waals surface area (Å²) in [6.45, 7) is 4.22. The summed E-state index contributed by atoms with van der Waals surface area (Å²) < 4.78 is 5.48. The Balaban J connectivity index is 2.17. The van der Waals surface area contributed by atoms with Gasteiger partial charge in [0.25, 0.3) is 0 Å². The Labute approximate surface area is 107 Å². The highest BCUT2D eigenvalue weighted by Gasteiger charge is 2.16. The average Bonchev–Trinajstić information content (AvgIpc) is 2.82. The lowest BCUT2D eigenvalue weighted by molar-refractivity contribution is 0.420. The summed E-state index contributed by atoms with van der Waals surface area (Å²) >= 11 is 0. The lowest BCUT2D eigenvalue weighted by Gasteiger charge is -2.19. The van der Waals surface area contributed by atoms with E-state index >= 15 is 0 Å². The minimum atomic E-state index is 0.577. The van der Waals surface area contributed by atoms with Crippen LogP contribution in [0.1, 0.15) is 12.5 Å². The molecule has 0 bridgehead atoms. The molecule has 2 N–H and O–H groups in total. The minimum absolute atomic E-state index is 0.577. The van der Waals surface area contributed by atoms with E-state index < -0.39 is 0 Å². The van der Waals surface area contributed by atoms with Crippen molar-refractivity contribution in [3.8, 4) is 5.75 Å². The van der Waals surface area contributed by atoms with Gasteiger partial charge in [0.15, 0.2) is 0 Å². The van der Waals surface area contributed by atoms with Crippen molar-refractivity contribution in [2.24, 2.45) is 5.92 Å². The third kappa shape index (κ3) is 1.81. The van der Waals surface area contributed by atoms with Crippen molar-refractivity contribution in [1.29, 1.82) is 0 Å². The highest BCUT2D eigenvalue weighted by molar-refractivity contribution is 5.97. The van der Waals surface area contributed by atoms with Gasteiger partial charge in [-0.3, -0.25) is 0 Å². The van der Waals surface area contributed by atoms with Gasteiger partial charge in [-0.1, -0.05) is 19.1 Å². The Morgan fingerprint density at radius 1 is 1.33 bits per heavy atom. The number of benzene rings is 1. The second-order valence-corrected chi connectivity index (χ2v) is 4.89. The lowest BCUT2D eigenvalue weighted by Crippen LogP contribution is -2.26. The van der Waals surface area contributed by atoms with Crippen LogP contribution in [-0.4, -0.2) is 25.2 Å². The van der Waals surface area contributed by atoms with Gasteiger partial charge in [0.2, 0.25) is 0 Å². The van der Waals surface area contributed by atoms with Gasteiger partial charge in [-0.25, -0.2) is 0 Å². The molecule has 3 rings (SSSR count). The molecule has 1 aromatic carbocycles. The number of nitrogens with one attached hydrogen (secondary N) is 2. The molecule has 18 heavy (non-hydrogen) atoms. The van der Waals surface area contributed by atoms with Crippen LogP contribution in [0.4, 0.5) is 0 Å². The quantitative estimate of drug-likeness (QED) is 0.849. The van der Waals surface area contributed by atoms with Crippen LogP contribution >= 0.6 is 0 Å². The van der Waals surface area contributed by atoms with Crippen LogP contribution in [0.3, 0.4) is 0 Å². The summed E-state index contributed by atoms with van der Waals surface area (Å²) in [6, 6.07) is 6.11. The van der Waals surface area contributed by atoms with Gasteiger partial charge >= 0.3 is 0 Å². The van der Waals surface area contributed by atoms with Crippen molar-refractivity contribution in [3.05, 3.63) is 36.0 Å². The van der Waals surface area contributed by atoms with Gasteiger partial charge in [0.05, 0.1) is 7.11 Å². The number of ether oxygens (including phenoxy) is 1. The molecule has 0 spiro atoms. The molecule has 3 heteroatoms. The number of aromatic amines is 1. The summed E-state index contributed by atoms with van der Waals surface area (Å²) in [4.78, 5) is 3.33. The normalized spacial score (nSPS) is 19.9. The van der Waals surface area contributed by atoms with Crippen molar-refractivity contribution in [1.82, 2.24) is 10.3 Å². The fourth-order valence-corrected chi connectivity index (χ4v) is 2.66. The number of H-pyrrole nitrogens is 1. The minimum Gasteiger partial charge on any atom is -0.496 e. The SMILES string of the molecule is COc1cccc2[nH]cc(C3=C[C@@H](C)CNC3)c12. The van der Waals surface area contributed by atoms with Crippen molar-refractivity contribution in [2.75, 3.05) is 20.2 Å². The van der Waals surface area contributed by atoms with Crippen LogP contribution in [0, 0.1) is 5.92 Å². The molecule has 3 nitrogen and oxygen atoms in total. The number of fused-ring (bicyclic) bond motifs is 1. The topological polar surface area (TPSA) is 37.0 Å². The van der Waals surface area contributed by atoms with E-state index in [0.29, 0.717) is 5.92 Å². The predicted octanol–water partition coefficient (Wildman–Crippen LogP) is 2.80. The molecule has 1 aliphatic heterocycles. The maximum atomic E-state index is 5.48. The maximum absolute atomic E-state index is 5.48. The van der Waals surface area contributed by atoms with Gasteiger partial charge in [0, 0.05) is 35.8 Å². The van der Waals surface area contributed by atoms with Crippen molar-refractivity contribution in [3.63, 3.8) is 0 Å². The van der Waals surface area contributed by atoms with Crippen LogP contribution in [0.25, 0.3) is 16.5 Å². The van der Waals surface area contributed by atoms with Crippen LogP contribution < -0.4 is 10.1 Å². The molecule has 0 fully saturated rings. The third-order valence-corrected chi connectivity index (χ3v) is 3.50. The maximum Gasteiger partial charge on any atom is 0.128 e. The molecule has 0 unspecified atom stereocenters. The van der Waals surface area contributed by atoms with E-state index in [1.54, 1.807) is 7.11 Å². The molecule has 0 saturated heterocycles. The molecule has 2 aromatic rings.